The van der Waals surface area contributed by atoms with E-state index in [1.807, 2.05) is 29.8 Å². The number of nitrogens with zero attached hydrogens (tertiary/aromatic N) is 2. The number of methoxy groups -OCH3 is 1. The summed E-state index contributed by atoms with van der Waals surface area (Å²) >= 11 is 0. The van der Waals surface area contributed by atoms with Crippen LogP contribution in [0.25, 0.3) is 11.3 Å². The molecule has 1 aliphatic rings. The highest BCUT2D eigenvalue weighted by Crippen LogP contribution is 2.43. The molecule has 0 radical (unpaired) electrons. The highest BCUT2D eigenvalue weighted by molar-refractivity contribution is 5.81. The predicted molar refractivity (Wildman–Crippen MR) is 93.6 cm³/mol. The van der Waals surface area contributed by atoms with Gasteiger partial charge < -0.3 is 15.2 Å². The third kappa shape index (κ3) is 2.05. The van der Waals surface area contributed by atoms with Gasteiger partial charge in [-0.2, -0.15) is 5.10 Å². The summed E-state index contributed by atoms with van der Waals surface area (Å²) in [6, 6.07) is 13.8. The van der Waals surface area contributed by atoms with Crippen molar-refractivity contribution >= 4 is 5.69 Å². The Labute approximate surface area is 140 Å². The molecule has 3 aromatic rings. The Bertz CT molecular complexity index is 930. The Morgan fingerprint density at radius 1 is 1.17 bits per heavy atom. The molecule has 0 spiro atoms. The van der Waals surface area contributed by atoms with E-state index in [1.54, 1.807) is 13.2 Å². The first-order chi connectivity index (χ1) is 11.6. The maximum Gasteiger partial charge on any atom is 0.164 e. The van der Waals surface area contributed by atoms with Crippen molar-refractivity contribution in [3.05, 3.63) is 59.3 Å². The third-order valence-corrected chi connectivity index (χ3v) is 4.48. The molecule has 0 bridgehead atoms. The van der Waals surface area contributed by atoms with Crippen LogP contribution in [0.15, 0.2) is 42.5 Å². The molecule has 0 amide bonds. The number of phenols is 1. The number of hydrogen-bond donors (Lipinski definition) is 2. The number of aryl methyl sites for hydroxylation is 2. The van der Waals surface area contributed by atoms with Gasteiger partial charge in [-0.3, -0.25) is 0 Å². The molecule has 1 aromatic heterocycles. The molecule has 0 saturated carbocycles. The Kier molecular flexibility index (Phi) is 3.23. The maximum absolute atomic E-state index is 10.6. The molecular formula is C19H19N3O2. The summed E-state index contributed by atoms with van der Waals surface area (Å²) in [4.78, 5) is 0. The van der Waals surface area contributed by atoms with Crippen molar-refractivity contribution in [3.8, 4) is 22.8 Å². The molecule has 0 unspecified atom stereocenters. The molecular weight excluding hydrogens is 302 g/mol. The van der Waals surface area contributed by atoms with Gasteiger partial charge in [0.1, 0.15) is 0 Å². The fraction of sp³-hybridized carbons (Fsp3) is 0.211. The number of phenolic OH excluding ortho intramolecular Hbond substituents is 1. The van der Waals surface area contributed by atoms with Crippen LogP contribution in [0.5, 0.6) is 11.5 Å². The zero-order chi connectivity index (χ0) is 16.8. The minimum atomic E-state index is -0.294. The number of anilines is 1. The van der Waals surface area contributed by atoms with Crippen molar-refractivity contribution in [2.75, 3.05) is 12.4 Å². The second-order valence-electron chi connectivity index (χ2n) is 6.06. The second-order valence-corrected chi connectivity index (χ2v) is 6.06. The molecule has 5 heteroatoms. The van der Waals surface area contributed by atoms with Crippen molar-refractivity contribution in [1.82, 2.24) is 9.78 Å². The van der Waals surface area contributed by atoms with Crippen LogP contribution in [0.4, 0.5) is 5.69 Å². The number of aromatic hydroxyl groups is 1. The highest BCUT2D eigenvalue weighted by atomic mass is 16.5. The SMILES string of the molecule is COc1cccc([C@@H]2Nc3c(C)cccc3-c3cc(C)nn32)c1O. The maximum atomic E-state index is 10.6. The quantitative estimate of drug-likeness (QED) is 0.752. The Morgan fingerprint density at radius 2 is 1.96 bits per heavy atom. The van der Waals surface area contributed by atoms with Crippen molar-refractivity contribution in [3.63, 3.8) is 0 Å². The lowest BCUT2D eigenvalue weighted by Crippen LogP contribution is -2.26. The van der Waals surface area contributed by atoms with Gasteiger partial charge in [-0.25, -0.2) is 4.68 Å². The van der Waals surface area contributed by atoms with Gasteiger partial charge in [0.15, 0.2) is 17.7 Å². The number of rotatable bonds is 2. The van der Waals surface area contributed by atoms with Gasteiger partial charge in [-0.05, 0) is 31.5 Å². The minimum Gasteiger partial charge on any atom is -0.504 e. The van der Waals surface area contributed by atoms with Crippen molar-refractivity contribution in [2.45, 2.75) is 20.0 Å². The number of nitrogens with one attached hydrogen (secondary N) is 1. The fourth-order valence-electron chi connectivity index (χ4n) is 3.32. The number of fused-ring (bicyclic) bond motifs is 3. The van der Waals surface area contributed by atoms with E-state index in [4.69, 9.17) is 4.74 Å². The lowest BCUT2D eigenvalue weighted by molar-refractivity contribution is 0.366. The number of aromatic nitrogens is 2. The Morgan fingerprint density at radius 3 is 2.75 bits per heavy atom. The van der Waals surface area contributed by atoms with Crippen LogP contribution in [0, 0.1) is 13.8 Å². The van der Waals surface area contributed by atoms with Gasteiger partial charge in [0.05, 0.1) is 18.5 Å². The summed E-state index contributed by atoms with van der Waals surface area (Å²) in [5.41, 5.74) is 6.05. The summed E-state index contributed by atoms with van der Waals surface area (Å²) in [7, 11) is 1.55. The lowest BCUT2D eigenvalue weighted by Gasteiger charge is -2.30. The molecule has 4 rings (SSSR count). The van der Waals surface area contributed by atoms with Gasteiger partial charge in [-0.1, -0.05) is 30.3 Å². The fourth-order valence-corrected chi connectivity index (χ4v) is 3.32. The topological polar surface area (TPSA) is 59.3 Å². The van der Waals surface area contributed by atoms with E-state index in [2.05, 4.69) is 35.5 Å². The summed E-state index contributed by atoms with van der Waals surface area (Å²) < 4.78 is 7.18. The zero-order valence-corrected chi connectivity index (χ0v) is 13.9. The van der Waals surface area contributed by atoms with Crippen molar-refractivity contribution in [2.24, 2.45) is 0 Å². The van der Waals surface area contributed by atoms with E-state index in [-0.39, 0.29) is 11.9 Å². The molecule has 2 heterocycles. The van der Waals surface area contributed by atoms with Crippen LogP contribution >= 0.6 is 0 Å². The van der Waals surface area contributed by atoms with Crippen LogP contribution < -0.4 is 10.1 Å². The van der Waals surface area contributed by atoms with E-state index in [0.717, 1.165) is 33.8 Å². The van der Waals surface area contributed by atoms with Crippen molar-refractivity contribution < 1.29 is 9.84 Å². The van der Waals surface area contributed by atoms with Gasteiger partial charge >= 0.3 is 0 Å². The summed E-state index contributed by atoms with van der Waals surface area (Å²) in [5.74, 6) is 0.587. The van der Waals surface area contributed by atoms with E-state index < -0.39 is 0 Å². The first-order valence-electron chi connectivity index (χ1n) is 7.88. The first kappa shape index (κ1) is 14.6. The van der Waals surface area contributed by atoms with Gasteiger partial charge in [0.25, 0.3) is 0 Å². The third-order valence-electron chi connectivity index (χ3n) is 4.48. The zero-order valence-electron chi connectivity index (χ0n) is 13.9. The predicted octanol–water partition coefficient (Wildman–Crippen LogP) is 3.85. The normalized spacial score (nSPS) is 15.4. The largest absolute Gasteiger partial charge is 0.504 e. The molecule has 24 heavy (non-hydrogen) atoms. The molecule has 122 valence electrons. The van der Waals surface area contributed by atoms with Gasteiger partial charge in [-0.15, -0.1) is 0 Å². The summed E-state index contributed by atoms with van der Waals surface area (Å²) in [5, 5.41) is 18.7. The van der Waals surface area contributed by atoms with Crippen LogP contribution in [0.3, 0.4) is 0 Å². The standard InChI is InChI=1S/C19H19N3O2/c1-11-6-4-7-13-15-10-12(2)21-22(15)19(20-17(11)13)14-8-5-9-16(24-3)18(14)23/h4-10,19-20,23H,1-3H3/t19-/m1/s1. The Hall–Kier alpha value is -2.95. The van der Waals surface area contributed by atoms with Crippen LogP contribution in [0.1, 0.15) is 23.0 Å². The lowest BCUT2D eigenvalue weighted by atomic mass is 10.00. The number of hydrogen-bond acceptors (Lipinski definition) is 4. The minimum absolute atomic E-state index is 0.133. The molecule has 0 saturated heterocycles. The molecule has 0 fully saturated rings. The highest BCUT2D eigenvalue weighted by Gasteiger charge is 2.29. The van der Waals surface area contributed by atoms with Crippen LogP contribution in [0.2, 0.25) is 0 Å². The average molecular weight is 321 g/mol. The molecule has 5 nitrogen and oxygen atoms in total. The number of benzene rings is 2. The average Bonchev–Trinajstić information content (AvgIpc) is 2.97. The van der Waals surface area contributed by atoms with Crippen LogP contribution in [-0.2, 0) is 0 Å². The van der Waals surface area contributed by atoms with Gasteiger partial charge in [0, 0.05) is 16.8 Å². The smallest absolute Gasteiger partial charge is 0.164 e. The summed E-state index contributed by atoms with van der Waals surface area (Å²) in [6.45, 7) is 4.05. The first-order valence-corrected chi connectivity index (χ1v) is 7.88. The van der Waals surface area contributed by atoms with Crippen molar-refractivity contribution in [1.29, 1.82) is 0 Å². The number of ether oxygens (including phenoxy) is 1. The number of para-hydroxylation sites is 2. The van der Waals surface area contributed by atoms with Gasteiger partial charge in [0.2, 0.25) is 0 Å². The second kappa shape index (κ2) is 5.30. The van der Waals surface area contributed by atoms with E-state index in [9.17, 15) is 5.11 Å². The van der Waals surface area contributed by atoms with Crippen LogP contribution in [-0.4, -0.2) is 22.0 Å². The van der Waals surface area contributed by atoms with E-state index >= 15 is 0 Å². The Balaban J connectivity index is 1.94. The molecule has 2 N–H and O–H groups in total. The molecule has 2 aromatic carbocycles. The monoisotopic (exact) mass is 321 g/mol. The molecule has 0 aliphatic carbocycles. The van der Waals surface area contributed by atoms with E-state index in [0.29, 0.717) is 5.75 Å². The van der Waals surface area contributed by atoms with E-state index in [1.165, 1.54) is 0 Å². The summed E-state index contributed by atoms with van der Waals surface area (Å²) in [6.07, 6.45) is -0.294. The molecule has 1 aliphatic heterocycles. The molecule has 1 atom stereocenters.